The summed E-state index contributed by atoms with van der Waals surface area (Å²) in [6.45, 7) is 3.35. The smallest absolute Gasteiger partial charge is 0.225 e. The van der Waals surface area contributed by atoms with Gasteiger partial charge in [0.15, 0.2) is 0 Å². The molecule has 2 aromatic rings. The van der Waals surface area contributed by atoms with E-state index in [0.29, 0.717) is 5.28 Å². The molecule has 2 heterocycles. The molecule has 3 nitrogen and oxygen atoms in total. The van der Waals surface area contributed by atoms with Gasteiger partial charge in [0.05, 0.1) is 5.39 Å². The minimum absolute atomic E-state index is 0.339. The van der Waals surface area contributed by atoms with E-state index in [1.807, 2.05) is 5.38 Å². The predicted octanol–water partition coefficient (Wildman–Crippen LogP) is 3.44. The Morgan fingerprint density at radius 3 is 3.00 bits per heavy atom. The normalized spacial score (nSPS) is 23.0. The lowest BCUT2D eigenvalue weighted by Crippen LogP contribution is -2.22. The van der Waals surface area contributed by atoms with E-state index in [4.69, 9.17) is 11.6 Å². The lowest BCUT2D eigenvalue weighted by molar-refractivity contribution is 0.721. The topological polar surface area (TPSA) is 29.0 Å². The van der Waals surface area contributed by atoms with E-state index in [1.54, 1.807) is 11.3 Å². The lowest BCUT2D eigenvalue weighted by atomic mass is 10.3. The maximum atomic E-state index is 5.96. The van der Waals surface area contributed by atoms with Crippen LogP contribution in [0.1, 0.15) is 13.3 Å². The molecule has 3 rings (SSSR count). The quantitative estimate of drug-likeness (QED) is 0.798. The first kappa shape index (κ1) is 11.2. The van der Waals surface area contributed by atoms with Crippen molar-refractivity contribution in [3.8, 4) is 0 Å². The van der Waals surface area contributed by atoms with Gasteiger partial charge in [-0.25, -0.2) is 4.98 Å². The molecule has 0 saturated heterocycles. The van der Waals surface area contributed by atoms with Crippen molar-refractivity contribution >= 4 is 39.0 Å². The standard InChI is InChI=1S/C12H14ClN3S/c1-7-5-8(7)6-16(2)10-9-3-4-17-11(9)15-12(13)14-10/h3-4,7-8H,5-6H2,1-2H3. The highest BCUT2D eigenvalue weighted by molar-refractivity contribution is 7.16. The number of halogens is 1. The molecule has 5 heteroatoms. The molecule has 2 atom stereocenters. The average molecular weight is 268 g/mol. The third-order valence-electron chi connectivity index (χ3n) is 3.42. The first-order valence-electron chi connectivity index (χ1n) is 5.77. The van der Waals surface area contributed by atoms with Crippen molar-refractivity contribution in [3.05, 3.63) is 16.7 Å². The van der Waals surface area contributed by atoms with E-state index in [0.717, 1.165) is 34.4 Å². The second kappa shape index (κ2) is 4.10. The van der Waals surface area contributed by atoms with Crippen molar-refractivity contribution in [1.82, 2.24) is 9.97 Å². The van der Waals surface area contributed by atoms with Gasteiger partial charge in [0.25, 0.3) is 0 Å². The van der Waals surface area contributed by atoms with Crippen LogP contribution in [-0.4, -0.2) is 23.6 Å². The van der Waals surface area contributed by atoms with Crippen LogP contribution in [0.15, 0.2) is 11.4 Å². The number of hydrogen-bond donors (Lipinski definition) is 0. The molecule has 0 spiro atoms. The highest BCUT2D eigenvalue weighted by atomic mass is 35.5. The van der Waals surface area contributed by atoms with Crippen molar-refractivity contribution in [2.24, 2.45) is 11.8 Å². The summed E-state index contributed by atoms with van der Waals surface area (Å²) in [7, 11) is 2.08. The van der Waals surface area contributed by atoms with E-state index in [9.17, 15) is 0 Å². The molecule has 1 fully saturated rings. The van der Waals surface area contributed by atoms with Crippen molar-refractivity contribution in [2.75, 3.05) is 18.5 Å². The maximum Gasteiger partial charge on any atom is 0.225 e. The number of aromatic nitrogens is 2. The molecule has 1 aliphatic rings. The lowest BCUT2D eigenvalue weighted by Gasteiger charge is -2.18. The molecule has 0 bridgehead atoms. The first-order valence-corrected chi connectivity index (χ1v) is 7.03. The fraction of sp³-hybridized carbons (Fsp3) is 0.500. The van der Waals surface area contributed by atoms with E-state index in [-0.39, 0.29) is 0 Å². The van der Waals surface area contributed by atoms with Crippen molar-refractivity contribution in [1.29, 1.82) is 0 Å². The van der Waals surface area contributed by atoms with Gasteiger partial charge in [0.1, 0.15) is 10.6 Å². The van der Waals surface area contributed by atoms with Gasteiger partial charge < -0.3 is 4.90 Å². The molecule has 1 saturated carbocycles. The zero-order valence-electron chi connectivity index (χ0n) is 9.85. The Morgan fingerprint density at radius 1 is 1.53 bits per heavy atom. The monoisotopic (exact) mass is 267 g/mol. The number of anilines is 1. The Kier molecular flexibility index (Phi) is 2.71. The molecule has 17 heavy (non-hydrogen) atoms. The molecular formula is C12H14ClN3S. The number of rotatable bonds is 3. The summed E-state index contributed by atoms with van der Waals surface area (Å²) in [4.78, 5) is 11.8. The summed E-state index contributed by atoms with van der Waals surface area (Å²) in [5, 5.41) is 3.48. The van der Waals surface area contributed by atoms with Crippen LogP contribution >= 0.6 is 22.9 Å². The zero-order chi connectivity index (χ0) is 12.0. The molecule has 2 unspecified atom stereocenters. The summed E-state index contributed by atoms with van der Waals surface area (Å²) in [5.41, 5.74) is 0. The molecule has 0 aromatic carbocycles. The Morgan fingerprint density at radius 2 is 2.29 bits per heavy atom. The zero-order valence-corrected chi connectivity index (χ0v) is 11.4. The van der Waals surface area contributed by atoms with Crippen LogP contribution in [0, 0.1) is 11.8 Å². The summed E-state index contributed by atoms with van der Waals surface area (Å²) in [6.07, 6.45) is 1.33. The summed E-state index contributed by atoms with van der Waals surface area (Å²) >= 11 is 7.57. The van der Waals surface area contributed by atoms with Crippen LogP contribution in [0.5, 0.6) is 0 Å². The molecule has 2 aromatic heterocycles. The van der Waals surface area contributed by atoms with Crippen LogP contribution < -0.4 is 4.90 Å². The van der Waals surface area contributed by atoms with E-state index in [2.05, 4.69) is 34.9 Å². The minimum atomic E-state index is 0.339. The van der Waals surface area contributed by atoms with E-state index < -0.39 is 0 Å². The highest BCUT2D eigenvalue weighted by Crippen LogP contribution is 2.39. The van der Waals surface area contributed by atoms with Gasteiger partial charge in [-0.15, -0.1) is 11.3 Å². The van der Waals surface area contributed by atoms with E-state index >= 15 is 0 Å². The second-order valence-electron chi connectivity index (χ2n) is 4.81. The fourth-order valence-electron chi connectivity index (χ4n) is 2.20. The highest BCUT2D eigenvalue weighted by Gasteiger charge is 2.33. The molecule has 0 aliphatic heterocycles. The number of thiophene rings is 1. The number of fused-ring (bicyclic) bond motifs is 1. The molecular weight excluding hydrogens is 254 g/mol. The fourth-order valence-corrected chi connectivity index (χ4v) is 3.17. The predicted molar refractivity (Wildman–Crippen MR) is 73.0 cm³/mol. The Hall–Kier alpha value is -0.870. The Balaban J connectivity index is 1.94. The first-order chi connectivity index (χ1) is 8.15. The maximum absolute atomic E-state index is 5.96. The third-order valence-corrected chi connectivity index (χ3v) is 4.40. The molecule has 90 valence electrons. The van der Waals surface area contributed by atoms with E-state index in [1.165, 1.54) is 6.42 Å². The molecule has 0 radical (unpaired) electrons. The van der Waals surface area contributed by atoms with Crippen molar-refractivity contribution in [2.45, 2.75) is 13.3 Å². The van der Waals surface area contributed by atoms with Crippen molar-refractivity contribution in [3.63, 3.8) is 0 Å². The van der Waals surface area contributed by atoms with Crippen molar-refractivity contribution < 1.29 is 0 Å². The van der Waals surface area contributed by atoms with Gasteiger partial charge in [-0.3, -0.25) is 0 Å². The summed E-state index contributed by atoms with van der Waals surface area (Å²) in [6, 6.07) is 2.07. The molecule has 0 amide bonds. The molecule has 0 N–H and O–H groups in total. The van der Waals surface area contributed by atoms with Crippen LogP contribution in [0.25, 0.3) is 10.2 Å². The van der Waals surface area contributed by atoms with Gasteiger partial charge in [-0.2, -0.15) is 4.98 Å². The Labute approximate surface area is 109 Å². The SMILES string of the molecule is CC1CC1CN(C)c1nc(Cl)nc2sccc12. The second-order valence-corrected chi connectivity index (χ2v) is 6.04. The van der Waals surface area contributed by atoms with Gasteiger partial charge in [0.2, 0.25) is 5.28 Å². The van der Waals surface area contributed by atoms with Crippen LogP contribution in [0.3, 0.4) is 0 Å². The average Bonchev–Trinajstić information content (AvgIpc) is 2.78. The van der Waals surface area contributed by atoms with Crippen LogP contribution in [-0.2, 0) is 0 Å². The van der Waals surface area contributed by atoms with Crippen LogP contribution in [0.4, 0.5) is 5.82 Å². The number of nitrogens with zero attached hydrogens (tertiary/aromatic N) is 3. The summed E-state index contributed by atoms with van der Waals surface area (Å²) < 4.78 is 0. The summed E-state index contributed by atoms with van der Waals surface area (Å²) in [5.74, 6) is 2.62. The van der Waals surface area contributed by atoms with Crippen LogP contribution in [0.2, 0.25) is 5.28 Å². The minimum Gasteiger partial charge on any atom is -0.359 e. The largest absolute Gasteiger partial charge is 0.359 e. The number of hydrogen-bond acceptors (Lipinski definition) is 4. The van der Waals surface area contributed by atoms with Gasteiger partial charge in [-0.05, 0) is 41.3 Å². The third kappa shape index (κ3) is 2.11. The van der Waals surface area contributed by atoms with Gasteiger partial charge in [-0.1, -0.05) is 6.92 Å². The van der Waals surface area contributed by atoms with Gasteiger partial charge in [0, 0.05) is 13.6 Å². The Bertz CT molecular complexity index is 554. The van der Waals surface area contributed by atoms with Gasteiger partial charge >= 0.3 is 0 Å². The molecule has 1 aliphatic carbocycles.